The molecule has 1 aromatic rings. The Hall–Kier alpha value is -1.07. The highest BCUT2D eigenvalue weighted by atomic mass is 79.9. The molecule has 1 amide bonds. The van der Waals surface area contributed by atoms with E-state index in [0.29, 0.717) is 13.1 Å². The van der Waals surface area contributed by atoms with Gasteiger partial charge in [0.15, 0.2) is 0 Å². The molecule has 0 aliphatic heterocycles. The van der Waals surface area contributed by atoms with E-state index in [-0.39, 0.29) is 11.7 Å². The molecule has 0 unspecified atom stereocenters. The number of phenols is 1. The molecule has 18 heavy (non-hydrogen) atoms. The lowest BCUT2D eigenvalue weighted by molar-refractivity contribution is -0.121. The first-order valence-electron chi connectivity index (χ1n) is 5.97. The number of rotatable bonds is 6. The van der Waals surface area contributed by atoms with Crippen LogP contribution in [0.25, 0.3) is 0 Å². The van der Waals surface area contributed by atoms with Crippen molar-refractivity contribution in [1.29, 1.82) is 0 Å². The zero-order valence-electron chi connectivity index (χ0n) is 10.7. The van der Waals surface area contributed by atoms with Crippen LogP contribution in [0.5, 0.6) is 5.75 Å². The average Bonchev–Trinajstić information content (AvgIpc) is 2.34. The van der Waals surface area contributed by atoms with Gasteiger partial charge in [-0.25, -0.2) is 0 Å². The van der Waals surface area contributed by atoms with Gasteiger partial charge in [-0.05, 0) is 36.7 Å². The number of amides is 1. The molecule has 0 aromatic heterocycles. The molecule has 0 spiro atoms. The molecule has 4 nitrogen and oxygen atoms in total. The molecule has 0 atom stereocenters. The summed E-state index contributed by atoms with van der Waals surface area (Å²) in [5.74, 6) is 0.240. The van der Waals surface area contributed by atoms with Crippen molar-refractivity contribution < 1.29 is 9.90 Å². The number of carbonyl (C=O) groups excluding carboxylic acids is 1. The normalized spacial score (nSPS) is 10.7. The van der Waals surface area contributed by atoms with E-state index < -0.39 is 0 Å². The monoisotopic (exact) mass is 314 g/mol. The summed E-state index contributed by atoms with van der Waals surface area (Å²) < 4.78 is 0.943. The molecular weight excluding hydrogens is 296 g/mol. The zero-order valence-corrected chi connectivity index (χ0v) is 12.3. The van der Waals surface area contributed by atoms with Gasteiger partial charge in [0, 0.05) is 18.1 Å². The van der Waals surface area contributed by atoms with Gasteiger partial charge in [-0.2, -0.15) is 0 Å². The first kappa shape index (κ1) is 15.0. The number of carbonyl (C=O) groups is 1. The highest BCUT2D eigenvalue weighted by Gasteiger charge is 2.11. The molecule has 0 radical (unpaired) electrons. The minimum absolute atomic E-state index is 0.000254. The Morgan fingerprint density at radius 2 is 2.22 bits per heavy atom. The summed E-state index contributed by atoms with van der Waals surface area (Å²) in [6.07, 6.45) is 0.980. The number of hydrogen-bond acceptors (Lipinski definition) is 3. The second-order valence-electron chi connectivity index (χ2n) is 4.16. The summed E-state index contributed by atoms with van der Waals surface area (Å²) >= 11 is 3.46. The topological polar surface area (TPSA) is 52.6 Å². The molecule has 0 aliphatic carbocycles. The SMILES string of the molecule is CCCN(CC(=O)NC)Cc1cc(O)ccc1Br. The second kappa shape index (κ2) is 7.38. The quantitative estimate of drug-likeness (QED) is 0.845. The lowest BCUT2D eigenvalue weighted by Crippen LogP contribution is -2.35. The van der Waals surface area contributed by atoms with Gasteiger partial charge in [-0.1, -0.05) is 22.9 Å². The first-order valence-corrected chi connectivity index (χ1v) is 6.76. The predicted molar refractivity (Wildman–Crippen MR) is 75.4 cm³/mol. The molecule has 0 fully saturated rings. The van der Waals surface area contributed by atoms with Crippen LogP contribution in [0.3, 0.4) is 0 Å². The summed E-state index contributed by atoms with van der Waals surface area (Å²) in [4.78, 5) is 13.5. The Balaban J connectivity index is 2.75. The number of nitrogens with zero attached hydrogens (tertiary/aromatic N) is 1. The molecule has 0 saturated carbocycles. The first-order chi connectivity index (χ1) is 8.56. The molecule has 0 bridgehead atoms. The van der Waals surface area contributed by atoms with Crippen molar-refractivity contribution in [1.82, 2.24) is 10.2 Å². The Morgan fingerprint density at radius 1 is 1.50 bits per heavy atom. The number of halogens is 1. The van der Waals surface area contributed by atoms with Crippen molar-refractivity contribution in [3.8, 4) is 5.75 Å². The summed E-state index contributed by atoms with van der Waals surface area (Å²) in [6.45, 7) is 3.92. The Kier molecular flexibility index (Phi) is 6.15. The highest BCUT2D eigenvalue weighted by Crippen LogP contribution is 2.23. The standard InChI is InChI=1S/C13H19BrN2O2/c1-3-6-16(9-13(18)15-2)8-10-7-11(17)4-5-12(10)14/h4-5,7,17H,3,6,8-9H2,1-2H3,(H,15,18). The number of nitrogens with one attached hydrogen (secondary N) is 1. The molecular formula is C13H19BrN2O2. The third kappa shape index (κ3) is 4.66. The lowest BCUT2D eigenvalue weighted by atomic mass is 10.2. The Bertz CT molecular complexity index is 410. The van der Waals surface area contributed by atoms with Crippen LogP contribution >= 0.6 is 15.9 Å². The largest absolute Gasteiger partial charge is 0.508 e. The van der Waals surface area contributed by atoms with Crippen LogP contribution in [0.15, 0.2) is 22.7 Å². The van der Waals surface area contributed by atoms with Crippen LogP contribution < -0.4 is 5.32 Å². The molecule has 1 aromatic carbocycles. The summed E-state index contributed by atoms with van der Waals surface area (Å²) in [6, 6.07) is 5.17. The minimum Gasteiger partial charge on any atom is -0.508 e. The van der Waals surface area contributed by atoms with E-state index in [9.17, 15) is 9.90 Å². The van der Waals surface area contributed by atoms with Gasteiger partial charge < -0.3 is 10.4 Å². The zero-order chi connectivity index (χ0) is 13.5. The van der Waals surface area contributed by atoms with Crippen LogP contribution in [-0.2, 0) is 11.3 Å². The van der Waals surface area contributed by atoms with Gasteiger partial charge in [-0.15, -0.1) is 0 Å². The van der Waals surface area contributed by atoms with E-state index in [1.54, 1.807) is 19.2 Å². The van der Waals surface area contributed by atoms with Gasteiger partial charge in [0.1, 0.15) is 5.75 Å². The van der Waals surface area contributed by atoms with Crippen molar-refractivity contribution in [3.63, 3.8) is 0 Å². The van der Waals surface area contributed by atoms with Crippen LogP contribution in [-0.4, -0.2) is 36.1 Å². The maximum atomic E-state index is 11.4. The van der Waals surface area contributed by atoms with Crippen LogP contribution in [0.1, 0.15) is 18.9 Å². The third-order valence-electron chi connectivity index (χ3n) is 2.61. The summed E-state index contributed by atoms with van der Waals surface area (Å²) in [7, 11) is 1.64. The fourth-order valence-corrected chi connectivity index (χ4v) is 2.11. The maximum Gasteiger partial charge on any atom is 0.233 e. The predicted octanol–water partition coefficient (Wildman–Crippen LogP) is 2.11. The number of likely N-dealkylation sites (N-methyl/N-ethyl adjacent to an activating group) is 1. The number of aromatic hydroxyl groups is 1. The van der Waals surface area contributed by atoms with E-state index in [1.807, 2.05) is 6.07 Å². The van der Waals surface area contributed by atoms with Crippen molar-refractivity contribution in [2.45, 2.75) is 19.9 Å². The molecule has 1 rings (SSSR count). The fourth-order valence-electron chi connectivity index (χ4n) is 1.74. The van der Waals surface area contributed by atoms with Crippen LogP contribution in [0.2, 0.25) is 0 Å². The van der Waals surface area contributed by atoms with Gasteiger partial charge in [0.25, 0.3) is 0 Å². The number of hydrogen-bond donors (Lipinski definition) is 2. The van der Waals surface area contributed by atoms with Gasteiger partial charge in [0.2, 0.25) is 5.91 Å². The Morgan fingerprint density at radius 3 is 2.83 bits per heavy atom. The van der Waals surface area contributed by atoms with Crippen LogP contribution in [0.4, 0.5) is 0 Å². The molecule has 0 aliphatic rings. The van der Waals surface area contributed by atoms with Crippen LogP contribution in [0, 0.1) is 0 Å². The van der Waals surface area contributed by atoms with E-state index >= 15 is 0 Å². The molecule has 100 valence electrons. The van der Waals surface area contributed by atoms with Crippen molar-refractivity contribution in [2.75, 3.05) is 20.1 Å². The molecule has 0 heterocycles. The van der Waals surface area contributed by atoms with Gasteiger partial charge in [0.05, 0.1) is 6.54 Å². The summed E-state index contributed by atoms with van der Waals surface area (Å²) in [5, 5.41) is 12.1. The summed E-state index contributed by atoms with van der Waals surface area (Å²) in [5.41, 5.74) is 0.979. The number of benzene rings is 1. The second-order valence-corrected chi connectivity index (χ2v) is 5.01. The molecule has 5 heteroatoms. The molecule has 0 saturated heterocycles. The Labute approximate surface area is 116 Å². The minimum atomic E-state index is -0.000254. The van der Waals surface area contributed by atoms with Crippen molar-refractivity contribution >= 4 is 21.8 Å². The van der Waals surface area contributed by atoms with E-state index in [4.69, 9.17) is 0 Å². The molecule has 2 N–H and O–H groups in total. The van der Waals surface area contributed by atoms with Crippen molar-refractivity contribution in [3.05, 3.63) is 28.2 Å². The lowest BCUT2D eigenvalue weighted by Gasteiger charge is -2.21. The number of phenolic OH excluding ortho intramolecular Hbond substituents is 1. The van der Waals surface area contributed by atoms with Gasteiger partial charge >= 0.3 is 0 Å². The fraction of sp³-hybridized carbons (Fsp3) is 0.462. The third-order valence-corrected chi connectivity index (χ3v) is 3.38. The smallest absolute Gasteiger partial charge is 0.233 e. The van der Waals surface area contributed by atoms with Gasteiger partial charge in [-0.3, -0.25) is 9.69 Å². The maximum absolute atomic E-state index is 11.4. The van der Waals surface area contributed by atoms with Crippen molar-refractivity contribution in [2.24, 2.45) is 0 Å². The average molecular weight is 315 g/mol. The van der Waals surface area contributed by atoms with E-state index in [0.717, 1.165) is 23.0 Å². The van der Waals surface area contributed by atoms with E-state index in [2.05, 4.69) is 33.1 Å². The van der Waals surface area contributed by atoms with E-state index in [1.165, 1.54) is 0 Å². The highest BCUT2D eigenvalue weighted by molar-refractivity contribution is 9.10.